The van der Waals surface area contributed by atoms with E-state index in [4.69, 9.17) is 4.74 Å². The Morgan fingerprint density at radius 1 is 1.04 bits per heavy atom. The van der Waals surface area contributed by atoms with Gasteiger partial charge in [0.15, 0.2) is 0 Å². The van der Waals surface area contributed by atoms with Crippen molar-refractivity contribution in [3.63, 3.8) is 0 Å². The van der Waals surface area contributed by atoms with Gasteiger partial charge in [-0.15, -0.1) is 0 Å². The van der Waals surface area contributed by atoms with E-state index in [9.17, 15) is 14.4 Å². The Labute approximate surface area is 142 Å². The Bertz CT molecular complexity index is 1000. The summed E-state index contributed by atoms with van der Waals surface area (Å²) in [4.78, 5) is 39.3. The van der Waals surface area contributed by atoms with Gasteiger partial charge in [0.25, 0.3) is 11.5 Å². The van der Waals surface area contributed by atoms with E-state index in [1.165, 1.54) is 13.3 Å². The van der Waals surface area contributed by atoms with Gasteiger partial charge in [0.05, 0.1) is 12.8 Å². The molecular formula is C18H15N3O4. The lowest BCUT2D eigenvalue weighted by atomic mass is 10.2. The van der Waals surface area contributed by atoms with Crippen LogP contribution in [0.15, 0.2) is 70.4 Å². The van der Waals surface area contributed by atoms with Crippen LogP contribution in [0.4, 0.5) is 5.69 Å². The maximum absolute atomic E-state index is 12.6. The van der Waals surface area contributed by atoms with E-state index in [1.54, 1.807) is 54.6 Å². The Hall–Kier alpha value is -3.61. The molecule has 2 N–H and O–H groups in total. The first-order valence-corrected chi connectivity index (χ1v) is 7.45. The number of anilines is 1. The van der Waals surface area contributed by atoms with E-state index in [2.05, 4.69) is 10.3 Å². The van der Waals surface area contributed by atoms with Crippen molar-refractivity contribution < 1.29 is 9.53 Å². The van der Waals surface area contributed by atoms with Crippen molar-refractivity contribution in [2.24, 2.45) is 0 Å². The number of ether oxygens (including phenoxy) is 1. The first-order valence-electron chi connectivity index (χ1n) is 7.45. The van der Waals surface area contributed by atoms with Crippen molar-refractivity contribution in [1.82, 2.24) is 9.55 Å². The third-order valence-corrected chi connectivity index (χ3v) is 3.59. The lowest BCUT2D eigenvalue weighted by molar-refractivity contribution is 0.102. The maximum atomic E-state index is 12.6. The minimum Gasteiger partial charge on any atom is -0.497 e. The maximum Gasteiger partial charge on any atom is 0.333 e. The molecule has 0 spiro atoms. The van der Waals surface area contributed by atoms with Crippen molar-refractivity contribution in [1.29, 1.82) is 0 Å². The average Bonchev–Trinajstić information content (AvgIpc) is 2.65. The second kappa shape index (κ2) is 6.88. The topological polar surface area (TPSA) is 93.2 Å². The van der Waals surface area contributed by atoms with Crippen molar-refractivity contribution in [3.8, 4) is 11.4 Å². The van der Waals surface area contributed by atoms with Crippen molar-refractivity contribution in [3.05, 3.63) is 87.2 Å². The summed E-state index contributed by atoms with van der Waals surface area (Å²) in [5.74, 6) is 0.160. The van der Waals surface area contributed by atoms with Gasteiger partial charge in [0, 0.05) is 11.8 Å². The summed E-state index contributed by atoms with van der Waals surface area (Å²) in [7, 11) is 1.52. The summed E-state index contributed by atoms with van der Waals surface area (Å²) >= 11 is 0. The lowest BCUT2D eigenvalue weighted by Gasteiger charge is -2.09. The molecule has 0 saturated heterocycles. The fourth-order valence-electron chi connectivity index (χ4n) is 2.31. The predicted octanol–water partition coefficient (Wildman–Crippen LogP) is 1.79. The number of benzene rings is 2. The highest BCUT2D eigenvalue weighted by Crippen LogP contribution is 2.13. The quantitative estimate of drug-likeness (QED) is 0.759. The Morgan fingerprint density at radius 3 is 2.36 bits per heavy atom. The molecule has 0 aliphatic rings. The van der Waals surface area contributed by atoms with E-state index in [0.717, 1.165) is 4.57 Å². The third kappa shape index (κ3) is 3.35. The van der Waals surface area contributed by atoms with Crippen LogP contribution in [0.1, 0.15) is 10.4 Å². The van der Waals surface area contributed by atoms with Gasteiger partial charge in [-0.05, 0) is 36.4 Å². The van der Waals surface area contributed by atoms with E-state index < -0.39 is 17.2 Å². The van der Waals surface area contributed by atoms with Crippen LogP contribution in [-0.4, -0.2) is 22.6 Å². The second-order valence-corrected chi connectivity index (χ2v) is 5.17. The zero-order chi connectivity index (χ0) is 17.8. The molecule has 2 aromatic carbocycles. The van der Waals surface area contributed by atoms with E-state index >= 15 is 0 Å². The number of nitrogens with one attached hydrogen (secondary N) is 2. The number of rotatable bonds is 4. The summed E-state index contributed by atoms with van der Waals surface area (Å²) in [5, 5.41) is 2.52. The van der Waals surface area contributed by atoms with Crippen molar-refractivity contribution in [2.75, 3.05) is 12.4 Å². The molecule has 1 aromatic heterocycles. The van der Waals surface area contributed by atoms with Gasteiger partial charge in [-0.1, -0.05) is 18.2 Å². The standard InChI is InChI=1S/C18H15N3O4/c1-25-14-9-7-13(8-10-14)21-17(23)15(11-19-18(21)24)20-16(22)12-5-3-2-4-6-12/h2-11H,1H3,(H,19,24)(H,20,22). The summed E-state index contributed by atoms with van der Waals surface area (Å²) in [6.07, 6.45) is 1.19. The largest absolute Gasteiger partial charge is 0.497 e. The minimum absolute atomic E-state index is 0.0238. The second-order valence-electron chi connectivity index (χ2n) is 5.17. The number of aromatic nitrogens is 2. The number of aromatic amines is 1. The Balaban J connectivity index is 1.99. The molecule has 0 bridgehead atoms. The summed E-state index contributed by atoms with van der Waals surface area (Å²) in [5.41, 5.74) is -0.484. The molecule has 126 valence electrons. The fraction of sp³-hybridized carbons (Fsp3) is 0.0556. The Kier molecular flexibility index (Phi) is 4.47. The average molecular weight is 337 g/mol. The smallest absolute Gasteiger partial charge is 0.333 e. The third-order valence-electron chi connectivity index (χ3n) is 3.59. The molecule has 0 fully saturated rings. The van der Waals surface area contributed by atoms with Crippen LogP contribution >= 0.6 is 0 Å². The normalized spacial score (nSPS) is 10.3. The molecule has 0 atom stereocenters. The van der Waals surface area contributed by atoms with Gasteiger partial charge >= 0.3 is 5.69 Å². The highest BCUT2D eigenvalue weighted by Gasteiger charge is 2.13. The van der Waals surface area contributed by atoms with Crippen LogP contribution in [0.25, 0.3) is 5.69 Å². The van der Waals surface area contributed by atoms with Gasteiger partial charge in [-0.2, -0.15) is 0 Å². The summed E-state index contributed by atoms with van der Waals surface area (Å²) in [6, 6.07) is 14.9. The monoisotopic (exact) mass is 337 g/mol. The lowest BCUT2D eigenvalue weighted by Crippen LogP contribution is -2.35. The number of amides is 1. The number of hydrogen-bond acceptors (Lipinski definition) is 4. The molecule has 3 rings (SSSR count). The molecular weight excluding hydrogens is 322 g/mol. The molecule has 1 amide bonds. The molecule has 0 unspecified atom stereocenters. The van der Waals surface area contributed by atoms with Gasteiger partial charge in [0.1, 0.15) is 11.4 Å². The van der Waals surface area contributed by atoms with Crippen LogP contribution < -0.4 is 21.3 Å². The number of methoxy groups -OCH3 is 1. The highest BCUT2D eigenvalue weighted by molar-refractivity contribution is 6.04. The number of carbonyl (C=O) groups excluding carboxylic acids is 1. The van der Waals surface area contributed by atoms with Crippen molar-refractivity contribution in [2.45, 2.75) is 0 Å². The summed E-state index contributed by atoms with van der Waals surface area (Å²) in [6.45, 7) is 0. The Morgan fingerprint density at radius 2 is 1.72 bits per heavy atom. The SMILES string of the molecule is COc1ccc(-n2c(=O)[nH]cc(NC(=O)c3ccccc3)c2=O)cc1. The van der Waals surface area contributed by atoms with Gasteiger partial charge < -0.3 is 15.0 Å². The molecule has 7 nitrogen and oxygen atoms in total. The zero-order valence-corrected chi connectivity index (χ0v) is 13.4. The van der Waals surface area contributed by atoms with E-state index in [0.29, 0.717) is 17.0 Å². The number of carbonyl (C=O) groups is 1. The molecule has 0 radical (unpaired) electrons. The van der Waals surface area contributed by atoms with Crippen LogP contribution in [0.5, 0.6) is 5.75 Å². The van der Waals surface area contributed by atoms with Crippen molar-refractivity contribution >= 4 is 11.6 Å². The number of hydrogen-bond donors (Lipinski definition) is 2. The first kappa shape index (κ1) is 16.3. The number of nitrogens with zero attached hydrogens (tertiary/aromatic N) is 1. The molecule has 25 heavy (non-hydrogen) atoms. The molecule has 0 saturated carbocycles. The molecule has 3 aromatic rings. The molecule has 1 heterocycles. The van der Waals surface area contributed by atoms with Gasteiger partial charge in [0.2, 0.25) is 0 Å². The van der Waals surface area contributed by atoms with E-state index in [-0.39, 0.29) is 5.69 Å². The zero-order valence-electron chi connectivity index (χ0n) is 13.4. The van der Waals surface area contributed by atoms with Gasteiger partial charge in [-0.25, -0.2) is 9.36 Å². The minimum atomic E-state index is -0.627. The molecule has 0 aliphatic carbocycles. The molecule has 7 heteroatoms. The van der Waals surface area contributed by atoms with Crippen LogP contribution in [0, 0.1) is 0 Å². The number of H-pyrrole nitrogens is 1. The van der Waals surface area contributed by atoms with Crippen LogP contribution in [-0.2, 0) is 0 Å². The van der Waals surface area contributed by atoms with Crippen LogP contribution in [0.3, 0.4) is 0 Å². The predicted molar refractivity (Wildman–Crippen MR) is 93.6 cm³/mol. The van der Waals surface area contributed by atoms with E-state index in [1.807, 2.05) is 0 Å². The van der Waals surface area contributed by atoms with Gasteiger partial charge in [-0.3, -0.25) is 9.59 Å². The highest BCUT2D eigenvalue weighted by atomic mass is 16.5. The fourth-order valence-corrected chi connectivity index (χ4v) is 2.31. The summed E-state index contributed by atoms with van der Waals surface area (Å²) < 4.78 is 6.01. The first-order chi connectivity index (χ1) is 12.1. The van der Waals surface area contributed by atoms with Crippen LogP contribution in [0.2, 0.25) is 0 Å². The molecule has 0 aliphatic heterocycles.